The molecule has 5 nitrogen and oxygen atoms in total. The summed E-state index contributed by atoms with van der Waals surface area (Å²) in [6.45, 7) is 8.55. The van der Waals surface area contributed by atoms with Crippen LogP contribution < -0.4 is 4.74 Å². The summed E-state index contributed by atoms with van der Waals surface area (Å²) in [4.78, 5) is 15.2. The van der Waals surface area contributed by atoms with Gasteiger partial charge >= 0.3 is 0 Å². The molecule has 1 saturated heterocycles. The van der Waals surface area contributed by atoms with Crippen molar-refractivity contribution in [2.45, 2.75) is 33.7 Å². The molecule has 1 aromatic heterocycles. The molecule has 0 bridgehead atoms. The summed E-state index contributed by atoms with van der Waals surface area (Å²) in [5.74, 6) is 0.800. The lowest BCUT2D eigenvalue weighted by molar-refractivity contribution is -0.123. The highest BCUT2D eigenvalue weighted by Crippen LogP contribution is 2.36. The van der Waals surface area contributed by atoms with Crippen LogP contribution in [0.25, 0.3) is 23.0 Å². The molecule has 1 aliphatic heterocycles. The summed E-state index contributed by atoms with van der Waals surface area (Å²) in [6, 6.07) is 16.0. The standard InChI is InChI=1S/C25H25N3O2S2/c1-5-30-21-12-11-18(13-17(21)4)23-19(15-27(26-23)20-9-7-6-8-10-20)14-22-24(29)28(16(2)3)25(31)32-22/h6-16H,5H2,1-4H3/b22-14-. The fourth-order valence-electron chi connectivity index (χ4n) is 3.61. The minimum atomic E-state index is -0.0590. The Balaban J connectivity index is 1.81. The Bertz CT molecular complexity index is 1200. The summed E-state index contributed by atoms with van der Waals surface area (Å²) in [6.07, 6.45) is 3.85. The summed E-state index contributed by atoms with van der Waals surface area (Å²) in [5, 5.41) is 4.87. The number of para-hydroxylation sites is 1. The number of nitrogens with zero attached hydrogens (tertiary/aromatic N) is 3. The van der Waals surface area contributed by atoms with Crippen molar-refractivity contribution in [3.63, 3.8) is 0 Å². The Morgan fingerprint density at radius 3 is 2.56 bits per heavy atom. The third kappa shape index (κ3) is 4.36. The lowest BCUT2D eigenvalue weighted by atomic mass is 10.0. The van der Waals surface area contributed by atoms with Crippen LogP contribution in [-0.2, 0) is 4.79 Å². The first-order chi connectivity index (χ1) is 15.4. The SMILES string of the molecule is CCOc1ccc(-c2nn(-c3ccccc3)cc2/C=C2\SC(=S)N(C(C)C)C2=O)cc1C. The lowest BCUT2D eigenvalue weighted by Crippen LogP contribution is -2.34. The summed E-state index contributed by atoms with van der Waals surface area (Å²) in [5.41, 5.74) is 4.61. The number of thiocarbonyl (C=S) groups is 1. The number of rotatable bonds is 6. The number of aryl methyl sites for hydroxylation is 1. The number of benzene rings is 2. The molecule has 164 valence electrons. The molecule has 0 radical (unpaired) electrons. The Hall–Kier alpha value is -2.90. The van der Waals surface area contributed by atoms with Crippen LogP contribution in [-0.4, -0.2) is 37.6 Å². The quantitative estimate of drug-likeness (QED) is 0.339. The largest absolute Gasteiger partial charge is 0.494 e. The van der Waals surface area contributed by atoms with E-state index in [9.17, 15) is 4.79 Å². The molecule has 4 rings (SSSR count). The normalized spacial score (nSPS) is 15.3. The molecule has 1 aliphatic rings. The number of amides is 1. The average molecular weight is 464 g/mol. The smallest absolute Gasteiger partial charge is 0.266 e. The van der Waals surface area contributed by atoms with E-state index in [1.807, 2.05) is 87.1 Å². The third-order valence-electron chi connectivity index (χ3n) is 5.14. The van der Waals surface area contributed by atoms with Crippen LogP contribution >= 0.6 is 24.0 Å². The molecule has 3 aromatic rings. The maximum Gasteiger partial charge on any atom is 0.266 e. The van der Waals surface area contributed by atoms with Gasteiger partial charge in [-0.2, -0.15) is 5.10 Å². The van der Waals surface area contributed by atoms with E-state index in [2.05, 4.69) is 6.07 Å². The van der Waals surface area contributed by atoms with E-state index >= 15 is 0 Å². The van der Waals surface area contributed by atoms with E-state index in [1.54, 1.807) is 4.90 Å². The molecular weight excluding hydrogens is 438 g/mol. The maximum absolute atomic E-state index is 13.0. The maximum atomic E-state index is 13.0. The van der Waals surface area contributed by atoms with Crippen LogP contribution in [0.2, 0.25) is 0 Å². The molecule has 0 unspecified atom stereocenters. The van der Waals surface area contributed by atoms with E-state index in [0.29, 0.717) is 15.8 Å². The molecule has 0 atom stereocenters. The van der Waals surface area contributed by atoms with E-state index in [0.717, 1.165) is 33.8 Å². The van der Waals surface area contributed by atoms with E-state index < -0.39 is 0 Å². The number of hydrogen-bond donors (Lipinski definition) is 0. The number of ether oxygens (including phenoxy) is 1. The van der Waals surface area contributed by atoms with Crippen LogP contribution in [0.15, 0.2) is 59.6 Å². The van der Waals surface area contributed by atoms with Gasteiger partial charge < -0.3 is 4.74 Å². The van der Waals surface area contributed by atoms with Crippen molar-refractivity contribution in [2.24, 2.45) is 0 Å². The van der Waals surface area contributed by atoms with Gasteiger partial charge in [-0.3, -0.25) is 9.69 Å². The van der Waals surface area contributed by atoms with E-state index in [4.69, 9.17) is 22.1 Å². The zero-order valence-electron chi connectivity index (χ0n) is 18.5. The van der Waals surface area contributed by atoms with Crippen molar-refractivity contribution >= 4 is 40.3 Å². The van der Waals surface area contributed by atoms with Gasteiger partial charge in [0.15, 0.2) is 0 Å². The molecule has 0 spiro atoms. The predicted octanol–water partition coefficient (Wildman–Crippen LogP) is 5.86. The molecular formula is C25H25N3O2S2. The second-order valence-electron chi connectivity index (χ2n) is 7.77. The van der Waals surface area contributed by atoms with Crippen LogP contribution in [0.4, 0.5) is 0 Å². The third-order valence-corrected chi connectivity index (χ3v) is 6.47. The van der Waals surface area contributed by atoms with Gasteiger partial charge in [0.25, 0.3) is 5.91 Å². The first kappa shape index (κ1) is 22.3. The summed E-state index contributed by atoms with van der Waals surface area (Å²) in [7, 11) is 0. The molecule has 0 aliphatic carbocycles. The number of hydrogen-bond acceptors (Lipinski definition) is 5. The molecule has 2 aromatic carbocycles. The van der Waals surface area contributed by atoms with E-state index in [-0.39, 0.29) is 11.9 Å². The Labute approximate surface area is 198 Å². The number of carbonyl (C=O) groups excluding carboxylic acids is 1. The minimum Gasteiger partial charge on any atom is -0.494 e. The van der Waals surface area contributed by atoms with Crippen LogP contribution in [0.1, 0.15) is 31.9 Å². The minimum absolute atomic E-state index is 0.0219. The Morgan fingerprint density at radius 2 is 1.94 bits per heavy atom. The number of aromatic nitrogens is 2. The van der Waals surface area contributed by atoms with Gasteiger partial charge in [-0.15, -0.1) is 0 Å². The van der Waals surface area contributed by atoms with Crippen molar-refractivity contribution in [2.75, 3.05) is 6.61 Å². The van der Waals surface area contributed by atoms with Crippen molar-refractivity contribution in [1.82, 2.24) is 14.7 Å². The van der Waals surface area contributed by atoms with Crippen molar-refractivity contribution in [3.8, 4) is 22.7 Å². The molecule has 32 heavy (non-hydrogen) atoms. The molecule has 2 heterocycles. The molecule has 1 amide bonds. The second kappa shape index (κ2) is 9.30. The first-order valence-corrected chi connectivity index (χ1v) is 11.8. The van der Waals surface area contributed by atoms with Crippen LogP contribution in [0.3, 0.4) is 0 Å². The van der Waals surface area contributed by atoms with Crippen molar-refractivity contribution < 1.29 is 9.53 Å². The highest BCUT2D eigenvalue weighted by Gasteiger charge is 2.34. The topological polar surface area (TPSA) is 47.4 Å². The summed E-state index contributed by atoms with van der Waals surface area (Å²) < 4.78 is 8.13. The lowest BCUT2D eigenvalue weighted by Gasteiger charge is -2.18. The van der Waals surface area contributed by atoms with Crippen LogP contribution in [0.5, 0.6) is 5.75 Å². The van der Waals surface area contributed by atoms with Gasteiger partial charge in [0.1, 0.15) is 15.8 Å². The van der Waals surface area contributed by atoms with Gasteiger partial charge in [-0.1, -0.05) is 42.2 Å². The monoisotopic (exact) mass is 463 g/mol. The van der Waals surface area contributed by atoms with Crippen molar-refractivity contribution in [3.05, 3.63) is 70.8 Å². The molecule has 1 fully saturated rings. The van der Waals surface area contributed by atoms with Crippen LogP contribution in [0, 0.1) is 6.92 Å². The number of carbonyl (C=O) groups is 1. The fourth-order valence-corrected chi connectivity index (χ4v) is 5.13. The van der Waals surface area contributed by atoms with Gasteiger partial charge in [-0.05, 0) is 69.7 Å². The molecule has 0 N–H and O–H groups in total. The summed E-state index contributed by atoms with van der Waals surface area (Å²) >= 11 is 6.78. The first-order valence-electron chi connectivity index (χ1n) is 10.5. The van der Waals surface area contributed by atoms with Gasteiger partial charge in [0, 0.05) is 23.4 Å². The zero-order valence-corrected chi connectivity index (χ0v) is 20.2. The van der Waals surface area contributed by atoms with Crippen molar-refractivity contribution in [1.29, 1.82) is 0 Å². The van der Waals surface area contributed by atoms with Gasteiger partial charge in [0.2, 0.25) is 0 Å². The zero-order chi connectivity index (χ0) is 22.8. The van der Waals surface area contributed by atoms with E-state index in [1.165, 1.54) is 11.8 Å². The van der Waals surface area contributed by atoms with Gasteiger partial charge in [-0.25, -0.2) is 4.68 Å². The second-order valence-corrected chi connectivity index (χ2v) is 9.45. The highest BCUT2D eigenvalue weighted by molar-refractivity contribution is 8.26. The Kier molecular flexibility index (Phi) is 6.48. The predicted molar refractivity (Wildman–Crippen MR) is 135 cm³/mol. The number of thioether (sulfide) groups is 1. The molecule has 0 saturated carbocycles. The Morgan fingerprint density at radius 1 is 1.19 bits per heavy atom. The highest BCUT2D eigenvalue weighted by atomic mass is 32.2. The fraction of sp³-hybridized carbons (Fsp3) is 0.240. The van der Waals surface area contributed by atoms with Gasteiger partial charge in [0.05, 0.1) is 17.2 Å². The molecule has 7 heteroatoms. The average Bonchev–Trinajstić information content (AvgIpc) is 3.31.